The number of nitrogens with zero attached hydrogens (tertiary/aromatic N) is 1. The van der Waals surface area contributed by atoms with Gasteiger partial charge in [-0.1, -0.05) is 27.2 Å². The number of hydrogen-bond acceptors (Lipinski definition) is 4. The standard InChI is InChI=1S/C12H22N2OS/c1-4-9(3)11(15)7-13-6-10-8-16-12(5-2)14-10/h8-9,11,13,15H,4-7H2,1-3H3. The Bertz CT molecular complexity index is 301. The van der Waals surface area contributed by atoms with Crippen LogP contribution in [0.1, 0.15) is 37.9 Å². The van der Waals surface area contributed by atoms with Gasteiger partial charge in [-0.05, 0) is 12.3 Å². The highest BCUT2D eigenvalue weighted by atomic mass is 32.1. The molecule has 92 valence electrons. The molecule has 0 amide bonds. The summed E-state index contributed by atoms with van der Waals surface area (Å²) in [6.45, 7) is 7.69. The molecular formula is C12H22N2OS. The molecule has 1 heterocycles. The van der Waals surface area contributed by atoms with Crippen LogP contribution in [0.3, 0.4) is 0 Å². The van der Waals surface area contributed by atoms with Gasteiger partial charge in [-0.25, -0.2) is 4.98 Å². The predicted octanol–water partition coefficient (Wildman–Crippen LogP) is 2.20. The van der Waals surface area contributed by atoms with Crippen molar-refractivity contribution in [3.8, 4) is 0 Å². The zero-order valence-electron chi connectivity index (χ0n) is 10.4. The minimum Gasteiger partial charge on any atom is -0.392 e. The van der Waals surface area contributed by atoms with Crippen molar-refractivity contribution in [2.75, 3.05) is 6.54 Å². The third-order valence-corrected chi connectivity index (χ3v) is 3.90. The minimum atomic E-state index is -0.255. The van der Waals surface area contributed by atoms with E-state index in [-0.39, 0.29) is 6.10 Å². The first-order valence-corrected chi connectivity index (χ1v) is 6.87. The largest absolute Gasteiger partial charge is 0.392 e. The Morgan fingerprint density at radius 1 is 1.50 bits per heavy atom. The molecule has 2 atom stereocenters. The van der Waals surface area contributed by atoms with Crippen LogP contribution in [0.5, 0.6) is 0 Å². The van der Waals surface area contributed by atoms with Gasteiger partial charge in [0.05, 0.1) is 16.8 Å². The molecule has 0 aliphatic heterocycles. The monoisotopic (exact) mass is 242 g/mol. The van der Waals surface area contributed by atoms with Gasteiger partial charge in [-0.2, -0.15) is 0 Å². The molecule has 1 aromatic rings. The lowest BCUT2D eigenvalue weighted by Gasteiger charge is -2.17. The van der Waals surface area contributed by atoms with E-state index >= 15 is 0 Å². The fraction of sp³-hybridized carbons (Fsp3) is 0.750. The molecule has 4 heteroatoms. The van der Waals surface area contributed by atoms with Gasteiger partial charge in [0.1, 0.15) is 0 Å². The summed E-state index contributed by atoms with van der Waals surface area (Å²) < 4.78 is 0. The van der Waals surface area contributed by atoms with Crippen LogP contribution in [0.4, 0.5) is 0 Å². The van der Waals surface area contributed by atoms with Crippen molar-refractivity contribution in [2.24, 2.45) is 5.92 Å². The van der Waals surface area contributed by atoms with Crippen molar-refractivity contribution >= 4 is 11.3 Å². The van der Waals surface area contributed by atoms with Crippen molar-refractivity contribution < 1.29 is 5.11 Å². The smallest absolute Gasteiger partial charge is 0.0926 e. The van der Waals surface area contributed by atoms with E-state index in [9.17, 15) is 5.11 Å². The first-order chi connectivity index (χ1) is 7.67. The van der Waals surface area contributed by atoms with E-state index < -0.39 is 0 Å². The quantitative estimate of drug-likeness (QED) is 0.770. The van der Waals surface area contributed by atoms with E-state index in [1.807, 2.05) is 0 Å². The molecule has 0 radical (unpaired) electrons. The highest BCUT2D eigenvalue weighted by Gasteiger charge is 2.11. The number of aryl methyl sites for hydroxylation is 1. The Balaban J connectivity index is 2.24. The Morgan fingerprint density at radius 3 is 2.81 bits per heavy atom. The van der Waals surface area contributed by atoms with E-state index in [0.29, 0.717) is 12.5 Å². The number of hydrogen-bond donors (Lipinski definition) is 2. The summed E-state index contributed by atoms with van der Waals surface area (Å²) in [7, 11) is 0. The summed E-state index contributed by atoms with van der Waals surface area (Å²) in [5, 5.41) is 16.3. The SMILES string of the molecule is CCc1nc(CNCC(O)C(C)CC)cs1. The van der Waals surface area contributed by atoms with Gasteiger partial charge < -0.3 is 10.4 Å². The lowest BCUT2D eigenvalue weighted by Crippen LogP contribution is -2.31. The molecule has 2 N–H and O–H groups in total. The lowest BCUT2D eigenvalue weighted by atomic mass is 10.0. The van der Waals surface area contributed by atoms with Crippen LogP contribution in [-0.4, -0.2) is 22.7 Å². The Labute approximate surface area is 102 Å². The Kier molecular flexibility index (Phi) is 5.95. The number of nitrogens with one attached hydrogen (secondary N) is 1. The van der Waals surface area contributed by atoms with Crippen LogP contribution in [0.2, 0.25) is 0 Å². The zero-order chi connectivity index (χ0) is 12.0. The fourth-order valence-electron chi connectivity index (χ4n) is 1.41. The maximum Gasteiger partial charge on any atom is 0.0926 e. The second-order valence-electron chi connectivity index (χ2n) is 4.17. The van der Waals surface area contributed by atoms with E-state index in [2.05, 4.69) is 36.5 Å². The van der Waals surface area contributed by atoms with Crippen molar-refractivity contribution in [3.63, 3.8) is 0 Å². The molecule has 0 saturated heterocycles. The first kappa shape index (κ1) is 13.6. The third-order valence-electron chi connectivity index (χ3n) is 2.86. The predicted molar refractivity (Wildman–Crippen MR) is 68.7 cm³/mol. The summed E-state index contributed by atoms with van der Waals surface area (Å²) in [6, 6.07) is 0. The molecule has 0 bridgehead atoms. The van der Waals surface area contributed by atoms with Gasteiger partial charge in [-0.3, -0.25) is 0 Å². The van der Waals surface area contributed by atoms with Crippen molar-refractivity contribution in [1.29, 1.82) is 0 Å². The molecule has 0 fully saturated rings. The molecule has 0 aliphatic rings. The summed E-state index contributed by atoms with van der Waals surface area (Å²) in [4.78, 5) is 4.46. The second-order valence-corrected chi connectivity index (χ2v) is 5.11. The van der Waals surface area contributed by atoms with Crippen LogP contribution in [0.15, 0.2) is 5.38 Å². The Morgan fingerprint density at radius 2 is 2.25 bits per heavy atom. The van der Waals surface area contributed by atoms with Crippen molar-refractivity contribution in [3.05, 3.63) is 16.1 Å². The highest BCUT2D eigenvalue weighted by Crippen LogP contribution is 2.10. The van der Waals surface area contributed by atoms with E-state index in [4.69, 9.17) is 0 Å². The molecule has 0 aliphatic carbocycles. The van der Waals surface area contributed by atoms with Crippen LogP contribution in [-0.2, 0) is 13.0 Å². The number of aliphatic hydroxyl groups excluding tert-OH is 1. The van der Waals surface area contributed by atoms with Crippen molar-refractivity contribution in [2.45, 2.75) is 46.3 Å². The van der Waals surface area contributed by atoms with E-state index in [1.165, 1.54) is 5.01 Å². The molecule has 0 aromatic carbocycles. The van der Waals surface area contributed by atoms with Gasteiger partial charge in [0.25, 0.3) is 0 Å². The molecule has 0 spiro atoms. The summed E-state index contributed by atoms with van der Waals surface area (Å²) in [5.41, 5.74) is 1.08. The molecule has 0 saturated carbocycles. The van der Waals surface area contributed by atoms with Gasteiger partial charge in [-0.15, -0.1) is 11.3 Å². The van der Waals surface area contributed by atoms with E-state index in [1.54, 1.807) is 11.3 Å². The molecule has 2 unspecified atom stereocenters. The Hall–Kier alpha value is -0.450. The summed E-state index contributed by atoms with van der Waals surface area (Å²) in [6.07, 6.45) is 1.76. The van der Waals surface area contributed by atoms with Gasteiger partial charge in [0.2, 0.25) is 0 Å². The van der Waals surface area contributed by atoms with Crippen LogP contribution in [0, 0.1) is 5.92 Å². The number of aliphatic hydroxyl groups is 1. The average Bonchev–Trinajstić information content (AvgIpc) is 2.75. The van der Waals surface area contributed by atoms with Crippen molar-refractivity contribution in [1.82, 2.24) is 10.3 Å². The molecular weight excluding hydrogens is 220 g/mol. The first-order valence-electron chi connectivity index (χ1n) is 5.99. The van der Waals surface area contributed by atoms with E-state index in [0.717, 1.165) is 25.1 Å². The number of rotatable bonds is 7. The summed E-state index contributed by atoms with van der Waals surface area (Å²) >= 11 is 1.71. The van der Waals surface area contributed by atoms with Gasteiger partial charge in [0.15, 0.2) is 0 Å². The number of thiazole rings is 1. The molecule has 3 nitrogen and oxygen atoms in total. The number of aromatic nitrogens is 1. The molecule has 1 aromatic heterocycles. The van der Waals surface area contributed by atoms with Crippen LogP contribution in [0.25, 0.3) is 0 Å². The topological polar surface area (TPSA) is 45.2 Å². The third kappa shape index (κ3) is 4.20. The lowest BCUT2D eigenvalue weighted by molar-refractivity contribution is 0.112. The zero-order valence-corrected chi connectivity index (χ0v) is 11.2. The molecule has 16 heavy (non-hydrogen) atoms. The normalized spacial score (nSPS) is 15.0. The van der Waals surface area contributed by atoms with Crippen LogP contribution >= 0.6 is 11.3 Å². The highest BCUT2D eigenvalue weighted by molar-refractivity contribution is 7.09. The van der Waals surface area contributed by atoms with Crippen LogP contribution < -0.4 is 5.32 Å². The second kappa shape index (κ2) is 6.99. The summed E-state index contributed by atoms with van der Waals surface area (Å²) in [5.74, 6) is 0.356. The minimum absolute atomic E-state index is 0.255. The van der Waals surface area contributed by atoms with Gasteiger partial charge in [0, 0.05) is 18.5 Å². The fourth-order valence-corrected chi connectivity index (χ4v) is 2.16. The maximum atomic E-state index is 9.77. The van der Waals surface area contributed by atoms with Gasteiger partial charge >= 0.3 is 0 Å². The average molecular weight is 242 g/mol. The molecule has 1 rings (SSSR count). The maximum absolute atomic E-state index is 9.77.